The Balaban J connectivity index is 1.77. The summed E-state index contributed by atoms with van der Waals surface area (Å²) in [5.41, 5.74) is 0. The van der Waals surface area contributed by atoms with Gasteiger partial charge in [0.05, 0.1) is 6.04 Å². The fraction of sp³-hybridized carbons (Fsp3) is 0.750. The minimum absolute atomic E-state index is 0.0899. The first kappa shape index (κ1) is 10.5. The van der Waals surface area contributed by atoms with Crippen molar-refractivity contribution in [2.24, 2.45) is 0 Å². The van der Waals surface area contributed by atoms with Crippen LogP contribution in [-0.2, 0) is 4.79 Å². The van der Waals surface area contributed by atoms with Gasteiger partial charge >= 0.3 is 0 Å². The molecule has 15 heavy (non-hydrogen) atoms. The average Bonchev–Trinajstić information content (AvgIpc) is 2.98. The van der Waals surface area contributed by atoms with Crippen LogP contribution >= 0.6 is 0 Å². The maximum atomic E-state index is 11.9. The van der Waals surface area contributed by atoms with Crippen molar-refractivity contribution in [3.8, 4) is 11.8 Å². The molecule has 0 aromatic heterocycles. The van der Waals surface area contributed by atoms with E-state index in [0.29, 0.717) is 6.04 Å². The summed E-state index contributed by atoms with van der Waals surface area (Å²) in [5.74, 6) is 6.13. The SMILES string of the molecule is CC#CCCN1CCC(NC2CC2)C1=O. The maximum Gasteiger partial charge on any atom is 0.239 e. The Labute approximate surface area is 91.2 Å². The Morgan fingerprint density at radius 2 is 2.27 bits per heavy atom. The van der Waals surface area contributed by atoms with Crippen molar-refractivity contribution >= 4 is 5.91 Å². The van der Waals surface area contributed by atoms with Gasteiger partial charge in [-0.05, 0) is 26.2 Å². The summed E-state index contributed by atoms with van der Waals surface area (Å²) in [6.07, 6.45) is 4.25. The molecule has 0 bridgehead atoms. The molecule has 1 atom stereocenters. The first-order valence-electron chi connectivity index (χ1n) is 5.75. The summed E-state index contributed by atoms with van der Waals surface area (Å²) in [5, 5.41) is 3.40. The highest BCUT2D eigenvalue weighted by Crippen LogP contribution is 2.22. The van der Waals surface area contributed by atoms with Crippen molar-refractivity contribution < 1.29 is 4.79 Å². The third-order valence-corrected chi connectivity index (χ3v) is 3.00. The van der Waals surface area contributed by atoms with E-state index in [0.717, 1.165) is 25.9 Å². The summed E-state index contributed by atoms with van der Waals surface area (Å²) in [6.45, 7) is 3.53. The maximum absolute atomic E-state index is 11.9. The van der Waals surface area contributed by atoms with Gasteiger partial charge in [-0.3, -0.25) is 4.79 Å². The van der Waals surface area contributed by atoms with E-state index in [2.05, 4.69) is 17.2 Å². The molecule has 1 heterocycles. The fourth-order valence-electron chi connectivity index (χ4n) is 1.97. The van der Waals surface area contributed by atoms with E-state index in [4.69, 9.17) is 0 Å². The number of hydrogen-bond acceptors (Lipinski definition) is 2. The molecule has 0 aromatic rings. The number of hydrogen-bond donors (Lipinski definition) is 1. The van der Waals surface area contributed by atoms with Gasteiger partial charge in [-0.2, -0.15) is 0 Å². The van der Waals surface area contributed by atoms with Crippen LogP contribution in [0.25, 0.3) is 0 Å². The zero-order chi connectivity index (χ0) is 10.7. The second-order valence-corrected chi connectivity index (χ2v) is 4.28. The molecule has 1 aliphatic heterocycles. The van der Waals surface area contributed by atoms with Crippen molar-refractivity contribution in [3.05, 3.63) is 0 Å². The van der Waals surface area contributed by atoms with E-state index < -0.39 is 0 Å². The van der Waals surface area contributed by atoms with Gasteiger partial charge < -0.3 is 10.2 Å². The van der Waals surface area contributed by atoms with Crippen LogP contribution in [0.2, 0.25) is 0 Å². The summed E-state index contributed by atoms with van der Waals surface area (Å²) in [7, 11) is 0. The standard InChI is InChI=1S/C12H18N2O/c1-2-3-4-8-14-9-7-11(12(14)15)13-10-5-6-10/h10-11,13H,4-9H2,1H3. The van der Waals surface area contributed by atoms with Crippen molar-refractivity contribution in [3.63, 3.8) is 0 Å². The zero-order valence-electron chi connectivity index (χ0n) is 9.25. The van der Waals surface area contributed by atoms with Crippen molar-refractivity contribution in [2.75, 3.05) is 13.1 Å². The lowest BCUT2D eigenvalue weighted by atomic mass is 10.2. The number of rotatable bonds is 4. The molecule has 1 saturated carbocycles. The average molecular weight is 206 g/mol. The molecule has 0 aromatic carbocycles. The van der Waals surface area contributed by atoms with Crippen molar-refractivity contribution in [1.82, 2.24) is 10.2 Å². The van der Waals surface area contributed by atoms with Gasteiger partial charge in [-0.25, -0.2) is 0 Å². The Hall–Kier alpha value is -1.01. The smallest absolute Gasteiger partial charge is 0.239 e. The molecule has 2 aliphatic rings. The van der Waals surface area contributed by atoms with Gasteiger partial charge in [0.1, 0.15) is 0 Å². The minimum Gasteiger partial charge on any atom is -0.340 e. The van der Waals surface area contributed by atoms with Crippen LogP contribution in [0.15, 0.2) is 0 Å². The largest absolute Gasteiger partial charge is 0.340 e. The molecule has 3 nitrogen and oxygen atoms in total. The molecule has 2 fully saturated rings. The Morgan fingerprint density at radius 1 is 1.47 bits per heavy atom. The molecule has 82 valence electrons. The van der Waals surface area contributed by atoms with Gasteiger partial charge in [0, 0.05) is 25.6 Å². The lowest BCUT2D eigenvalue weighted by molar-refractivity contribution is -0.129. The molecule has 1 N–H and O–H groups in total. The quantitative estimate of drug-likeness (QED) is 0.689. The normalized spacial score (nSPS) is 25.3. The monoisotopic (exact) mass is 206 g/mol. The van der Waals surface area contributed by atoms with Crippen LogP contribution < -0.4 is 5.32 Å². The van der Waals surface area contributed by atoms with E-state index in [-0.39, 0.29) is 11.9 Å². The molecule has 0 radical (unpaired) electrons. The number of carbonyl (C=O) groups excluding carboxylic acids is 1. The Morgan fingerprint density at radius 3 is 2.93 bits per heavy atom. The van der Waals surface area contributed by atoms with Crippen LogP contribution in [0.1, 0.15) is 32.6 Å². The van der Waals surface area contributed by atoms with Crippen molar-refractivity contribution in [2.45, 2.75) is 44.7 Å². The van der Waals surface area contributed by atoms with Gasteiger partial charge in [0.15, 0.2) is 0 Å². The second-order valence-electron chi connectivity index (χ2n) is 4.28. The van der Waals surface area contributed by atoms with E-state index >= 15 is 0 Å². The Bertz CT molecular complexity index is 298. The number of likely N-dealkylation sites (tertiary alicyclic amines) is 1. The van der Waals surface area contributed by atoms with E-state index in [1.807, 2.05) is 11.8 Å². The Kier molecular flexibility index (Phi) is 3.27. The van der Waals surface area contributed by atoms with Crippen LogP contribution in [-0.4, -0.2) is 36.0 Å². The molecule has 1 aliphatic carbocycles. The number of amides is 1. The summed E-state index contributed by atoms with van der Waals surface area (Å²) >= 11 is 0. The number of carbonyl (C=O) groups is 1. The topological polar surface area (TPSA) is 32.3 Å². The molecule has 1 amide bonds. The van der Waals surface area contributed by atoms with Crippen LogP contribution in [0, 0.1) is 11.8 Å². The molecule has 1 saturated heterocycles. The lowest BCUT2D eigenvalue weighted by Gasteiger charge is -2.15. The second kappa shape index (κ2) is 4.67. The molecule has 3 heteroatoms. The van der Waals surface area contributed by atoms with Gasteiger partial charge in [0.2, 0.25) is 5.91 Å². The van der Waals surface area contributed by atoms with Gasteiger partial charge in [0.25, 0.3) is 0 Å². The fourth-order valence-corrected chi connectivity index (χ4v) is 1.97. The highest BCUT2D eigenvalue weighted by molar-refractivity contribution is 5.84. The zero-order valence-corrected chi connectivity index (χ0v) is 9.25. The number of nitrogens with one attached hydrogen (secondary N) is 1. The van der Waals surface area contributed by atoms with Crippen LogP contribution in [0.5, 0.6) is 0 Å². The molecular formula is C12H18N2O. The highest BCUT2D eigenvalue weighted by Gasteiger charge is 2.34. The van der Waals surface area contributed by atoms with E-state index in [1.54, 1.807) is 0 Å². The molecular weight excluding hydrogens is 188 g/mol. The lowest BCUT2D eigenvalue weighted by Crippen LogP contribution is -2.39. The molecule has 1 unspecified atom stereocenters. The van der Waals surface area contributed by atoms with Crippen LogP contribution in [0.3, 0.4) is 0 Å². The molecule has 0 spiro atoms. The van der Waals surface area contributed by atoms with Crippen LogP contribution in [0.4, 0.5) is 0 Å². The van der Waals surface area contributed by atoms with E-state index in [9.17, 15) is 4.79 Å². The number of nitrogens with zero attached hydrogens (tertiary/aromatic N) is 1. The third kappa shape index (κ3) is 2.73. The summed E-state index contributed by atoms with van der Waals surface area (Å²) < 4.78 is 0. The third-order valence-electron chi connectivity index (χ3n) is 3.00. The predicted molar refractivity (Wildman–Crippen MR) is 59.2 cm³/mol. The first-order valence-corrected chi connectivity index (χ1v) is 5.75. The van der Waals surface area contributed by atoms with Gasteiger partial charge in [-0.15, -0.1) is 11.8 Å². The first-order chi connectivity index (χ1) is 7.31. The molecule has 2 rings (SSSR count). The minimum atomic E-state index is 0.0899. The predicted octanol–water partition coefficient (Wildman–Crippen LogP) is 0.753. The van der Waals surface area contributed by atoms with Gasteiger partial charge in [-0.1, -0.05) is 0 Å². The summed E-state index contributed by atoms with van der Waals surface area (Å²) in [6, 6.07) is 0.710. The summed E-state index contributed by atoms with van der Waals surface area (Å²) in [4.78, 5) is 13.8. The highest BCUT2D eigenvalue weighted by atomic mass is 16.2. The van der Waals surface area contributed by atoms with Crippen molar-refractivity contribution in [1.29, 1.82) is 0 Å². The van der Waals surface area contributed by atoms with E-state index in [1.165, 1.54) is 12.8 Å².